The molecular weight excluding hydrogens is 282 g/mol. The highest BCUT2D eigenvalue weighted by molar-refractivity contribution is 7.98. The van der Waals surface area contributed by atoms with E-state index in [9.17, 15) is 14.4 Å². The Balaban J connectivity index is 2.45. The molecule has 0 aliphatic carbocycles. The lowest BCUT2D eigenvalue weighted by atomic mass is 10.2. The molecule has 7 nitrogen and oxygen atoms in total. The second-order valence-corrected chi connectivity index (χ2v) is 5.74. The van der Waals surface area contributed by atoms with Crippen LogP contribution in [0.15, 0.2) is 0 Å². The third-order valence-electron chi connectivity index (χ3n) is 3.09. The largest absolute Gasteiger partial charge is 0.480 e. The van der Waals surface area contributed by atoms with Gasteiger partial charge in [-0.2, -0.15) is 11.8 Å². The number of urea groups is 1. The van der Waals surface area contributed by atoms with Gasteiger partial charge in [0, 0.05) is 26.1 Å². The van der Waals surface area contributed by atoms with Crippen LogP contribution in [0.5, 0.6) is 0 Å². The van der Waals surface area contributed by atoms with Crippen LogP contribution in [0.25, 0.3) is 0 Å². The minimum Gasteiger partial charge on any atom is -0.480 e. The molecule has 8 heteroatoms. The van der Waals surface area contributed by atoms with Gasteiger partial charge in [-0.1, -0.05) is 0 Å². The van der Waals surface area contributed by atoms with E-state index in [2.05, 4.69) is 10.6 Å². The first kappa shape index (κ1) is 16.6. The van der Waals surface area contributed by atoms with Crippen LogP contribution in [-0.2, 0) is 9.59 Å². The number of likely N-dealkylation sites (tertiary alicyclic amines) is 1. The van der Waals surface area contributed by atoms with E-state index >= 15 is 0 Å². The van der Waals surface area contributed by atoms with Gasteiger partial charge in [0.05, 0.1) is 0 Å². The Morgan fingerprint density at radius 3 is 2.70 bits per heavy atom. The molecule has 0 spiro atoms. The molecule has 0 aromatic carbocycles. The van der Waals surface area contributed by atoms with Crippen LogP contribution in [0, 0.1) is 0 Å². The molecule has 1 heterocycles. The van der Waals surface area contributed by atoms with E-state index in [0.29, 0.717) is 31.7 Å². The number of nitrogens with one attached hydrogen (secondary N) is 2. The molecule has 114 valence electrons. The third-order valence-corrected chi connectivity index (χ3v) is 3.73. The van der Waals surface area contributed by atoms with Gasteiger partial charge >= 0.3 is 12.0 Å². The number of carboxylic acids is 1. The number of carbonyl (C=O) groups excluding carboxylic acids is 2. The first-order valence-electron chi connectivity index (χ1n) is 6.48. The number of nitrogens with zero attached hydrogens (tertiary/aromatic N) is 1. The quantitative estimate of drug-likeness (QED) is 0.647. The fraction of sp³-hybridized carbons (Fsp3) is 0.750. The number of carboxylic acid groups (broad SMARTS) is 1. The summed E-state index contributed by atoms with van der Waals surface area (Å²) in [4.78, 5) is 35.5. The van der Waals surface area contributed by atoms with Gasteiger partial charge in [-0.25, -0.2) is 9.59 Å². The summed E-state index contributed by atoms with van der Waals surface area (Å²) in [7, 11) is 0. The molecule has 1 fully saturated rings. The highest BCUT2D eigenvalue weighted by atomic mass is 32.2. The Bertz CT molecular complexity index is 378. The summed E-state index contributed by atoms with van der Waals surface area (Å²) in [6.07, 6.45) is 2.97. The zero-order valence-electron chi connectivity index (χ0n) is 11.7. The van der Waals surface area contributed by atoms with Gasteiger partial charge in [0.1, 0.15) is 6.04 Å². The smallest absolute Gasteiger partial charge is 0.326 e. The highest BCUT2D eigenvalue weighted by Crippen LogP contribution is 2.10. The van der Waals surface area contributed by atoms with Crippen molar-refractivity contribution in [1.82, 2.24) is 15.5 Å². The maximum absolute atomic E-state index is 12.0. The number of rotatable bonds is 6. The molecule has 0 aromatic heterocycles. The van der Waals surface area contributed by atoms with E-state index in [-0.39, 0.29) is 18.0 Å². The molecule has 0 bridgehead atoms. The van der Waals surface area contributed by atoms with Gasteiger partial charge in [0.2, 0.25) is 5.91 Å². The lowest BCUT2D eigenvalue weighted by Gasteiger charge is -2.21. The maximum Gasteiger partial charge on any atom is 0.326 e. The van der Waals surface area contributed by atoms with Crippen LogP contribution in [-0.4, -0.2) is 65.1 Å². The number of hydrogen-bond donors (Lipinski definition) is 3. The Labute approximate surface area is 122 Å². The Kier molecular flexibility index (Phi) is 6.63. The molecule has 3 amide bonds. The van der Waals surface area contributed by atoms with Gasteiger partial charge in [-0.05, 0) is 24.9 Å². The summed E-state index contributed by atoms with van der Waals surface area (Å²) < 4.78 is 0. The first-order chi connectivity index (χ1) is 9.43. The van der Waals surface area contributed by atoms with Crippen molar-refractivity contribution in [2.75, 3.05) is 25.1 Å². The molecule has 20 heavy (non-hydrogen) atoms. The first-order valence-corrected chi connectivity index (χ1v) is 7.87. The molecule has 1 aliphatic heterocycles. The van der Waals surface area contributed by atoms with Crippen molar-refractivity contribution in [1.29, 1.82) is 0 Å². The predicted molar refractivity (Wildman–Crippen MR) is 76.7 cm³/mol. The van der Waals surface area contributed by atoms with Crippen LogP contribution in [0.2, 0.25) is 0 Å². The van der Waals surface area contributed by atoms with E-state index in [1.807, 2.05) is 6.26 Å². The van der Waals surface area contributed by atoms with E-state index in [1.54, 1.807) is 0 Å². The number of carbonyl (C=O) groups is 3. The minimum absolute atomic E-state index is 0.0484. The van der Waals surface area contributed by atoms with Gasteiger partial charge in [0.25, 0.3) is 0 Å². The van der Waals surface area contributed by atoms with Crippen LogP contribution >= 0.6 is 11.8 Å². The molecule has 0 saturated carbocycles. The normalized spacial score (nSPS) is 19.5. The van der Waals surface area contributed by atoms with E-state index in [0.717, 1.165) is 0 Å². The molecule has 1 aliphatic rings. The van der Waals surface area contributed by atoms with Crippen molar-refractivity contribution in [3.05, 3.63) is 0 Å². The maximum atomic E-state index is 12.0. The van der Waals surface area contributed by atoms with Crippen molar-refractivity contribution in [3.8, 4) is 0 Å². The average molecular weight is 303 g/mol. The van der Waals surface area contributed by atoms with Gasteiger partial charge in [0.15, 0.2) is 0 Å². The molecule has 3 N–H and O–H groups in total. The van der Waals surface area contributed by atoms with Crippen molar-refractivity contribution in [2.24, 2.45) is 0 Å². The number of aliphatic carboxylic acids is 1. The van der Waals surface area contributed by atoms with Crippen LogP contribution in [0.1, 0.15) is 19.8 Å². The summed E-state index contributed by atoms with van der Waals surface area (Å²) in [5.74, 6) is -0.475. The molecule has 0 radical (unpaired) electrons. The molecule has 1 saturated heterocycles. The molecule has 2 atom stereocenters. The fourth-order valence-electron chi connectivity index (χ4n) is 2.08. The fourth-order valence-corrected chi connectivity index (χ4v) is 2.55. The predicted octanol–water partition coefficient (Wildman–Crippen LogP) is 0.113. The zero-order valence-corrected chi connectivity index (χ0v) is 12.5. The number of amides is 3. The second-order valence-electron chi connectivity index (χ2n) is 4.75. The lowest BCUT2D eigenvalue weighted by molar-refractivity contribution is -0.139. The Morgan fingerprint density at radius 2 is 2.15 bits per heavy atom. The van der Waals surface area contributed by atoms with E-state index < -0.39 is 12.0 Å². The summed E-state index contributed by atoms with van der Waals surface area (Å²) in [6, 6.07) is -1.30. The molecular formula is C12H21N3O4S. The van der Waals surface area contributed by atoms with E-state index in [1.165, 1.54) is 23.6 Å². The van der Waals surface area contributed by atoms with E-state index in [4.69, 9.17) is 5.11 Å². The van der Waals surface area contributed by atoms with Gasteiger partial charge in [-0.15, -0.1) is 0 Å². The number of hydrogen-bond acceptors (Lipinski definition) is 4. The van der Waals surface area contributed by atoms with Crippen LogP contribution in [0.3, 0.4) is 0 Å². The molecule has 2 unspecified atom stereocenters. The Morgan fingerprint density at radius 1 is 1.45 bits per heavy atom. The SMILES string of the molecule is CSCCC(NC(=O)N1CCC(NC(C)=O)C1)C(=O)O. The zero-order chi connectivity index (χ0) is 15.1. The van der Waals surface area contributed by atoms with Crippen LogP contribution in [0.4, 0.5) is 4.79 Å². The van der Waals surface area contributed by atoms with Crippen molar-refractivity contribution >= 4 is 29.7 Å². The summed E-state index contributed by atoms with van der Waals surface area (Å²) in [5.41, 5.74) is 0. The molecule has 1 rings (SSSR count). The van der Waals surface area contributed by atoms with Crippen molar-refractivity contribution < 1.29 is 19.5 Å². The van der Waals surface area contributed by atoms with Crippen molar-refractivity contribution in [3.63, 3.8) is 0 Å². The van der Waals surface area contributed by atoms with Crippen molar-refractivity contribution in [2.45, 2.75) is 31.8 Å². The number of thioether (sulfide) groups is 1. The summed E-state index contributed by atoms with van der Waals surface area (Å²) >= 11 is 1.54. The molecule has 0 aromatic rings. The van der Waals surface area contributed by atoms with Gasteiger partial charge in [-0.3, -0.25) is 4.79 Å². The van der Waals surface area contributed by atoms with Crippen LogP contribution < -0.4 is 10.6 Å². The topological polar surface area (TPSA) is 98.7 Å². The third kappa shape index (κ3) is 5.28. The standard InChI is InChI=1S/C12H21N3O4S/c1-8(16)13-9-3-5-15(7-9)12(19)14-10(11(17)18)4-6-20-2/h9-10H,3-7H2,1-2H3,(H,13,16)(H,14,19)(H,17,18). The second kappa shape index (κ2) is 7.98. The summed E-state index contributed by atoms with van der Waals surface area (Å²) in [5, 5.41) is 14.3. The Hall–Kier alpha value is -1.44. The lowest BCUT2D eigenvalue weighted by Crippen LogP contribution is -2.48. The minimum atomic E-state index is -1.02. The van der Waals surface area contributed by atoms with Gasteiger partial charge < -0.3 is 20.6 Å². The average Bonchev–Trinajstić information content (AvgIpc) is 2.81. The monoisotopic (exact) mass is 303 g/mol. The summed E-state index contributed by atoms with van der Waals surface area (Å²) in [6.45, 7) is 2.37. The highest BCUT2D eigenvalue weighted by Gasteiger charge is 2.29.